The van der Waals surface area contributed by atoms with Gasteiger partial charge in [0.2, 0.25) is 0 Å². The fourth-order valence-electron chi connectivity index (χ4n) is 2.87. The molecule has 1 amide bonds. The lowest BCUT2D eigenvalue weighted by atomic mass is 9.96. The zero-order valence-corrected chi connectivity index (χ0v) is 13.2. The first kappa shape index (κ1) is 16.2. The maximum absolute atomic E-state index is 12.5. The van der Waals surface area contributed by atoms with E-state index in [9.17, 15) is 9.59 Å². The fraction of sp³-hybridized carbons (Fsp3) is 0.263. The fourth-order valence-corrected chi connectivity index (χ4v) is 2.87. The van der Waals surface area contributed by atoms with Crippen molar-refractivity contribution in [1.82, 2.24) is 0 Å². The molecule has 1 aliphatic heterocycles. The number of nitrogens with one attached hydrogen (secondary N) is 1. The van der Waals surface area contributed by atoms with Crippen LogP contribution in [0.2, 0.25) is 0 Å². The summed E-state index contributed by atoms with van der Waals surface area (Å²) in [4.78, 5) is 23.2. The second kappa shape index (κ2) is 7.27. The van der Waals surface area contributed by atoms with Crippen LogP contribution in [0.25, 0.3) is 0 Å². The number of carboxylic acids is 1. The molecule has 0 spiro atoms. The molecule has 24 heavy (non-hydrogen) atoms. The van der Waals surface area contributed by atoms with Crippen LogP contribution in [0.4, 0.5) is 5.69 Å². The SMILES string of the molecule is O=C(O)Cc1cccc(NC(=O)c2cccc(C3CCOC3)c2)c1. The molecule has 0 saturated carbocycles. The molecule has 0 bridgehead atoms. The molecule has 1 aliphatic rings. The highest BCUT2D eigenvalue weighted by Gasteiger charge is 2.18. The number of benzene rings is 2. The van der Waals surface area contributed by atoms with Crippen molar-refractivity contribution in [1.29, 1.82) is 0 Å². The van der Waals surface area contributed by atoms with Gasteiger partial charge in [-0.2, -0.15) is 0 Å². The van der Waals surface area contributed by atoms with Gasteiger partial charge in [0, 0.05) is 23.8 Å². The summed E-state index contributed by atoms with van der Waals surface area (Å²) in [7, 11) is 0. The van der Waals surface area contributed by atoms with Crippen molar-refractivity contribution in [3.63, 3.8) is 0 Å². The summed E-state index contributed by atoms with van der Waals surface area (Å²) < 4.78 is 5.40. The van der Waals surface area contributed by atoms with Crippen LogP contribution in [0.5, 0.6) is 0 Å². The Morgan fingerprint density at radius 2 is 2.00 bits per heavy atom. The minimum Gasteiger partial charge on any atom is -0.481 e. The van der Waals surface area contributed by atoms with Crippen molar-refractivity contribution in [2.75, 3.05) is 18.5 Å². The molecule has 0 radical (unpaired) electrons. The van der Waals surface area contributed by atoms with E-state index in [2.05, 4.69) is 5.32 Å². The molecule has 1 atom stereocenters. The minimum absolute atomic E-state index is 0.0686. The highest BCUT2D eigenvalue weighted by molar-refractivity contribution is 6.04. The van der Waals surface area contributed by atoms with Gasteiger partial charge < -0.3 is 15.2 Å². The Hall–Kier alpha value is -2.66. The van der Waals surface area contributed by atoms with E-state index in [1.165, 1.54) is 0 Å². The van der Waals surface area contributed by atoms with Gasteiger partial charge in [-0.1, -0.05) is 24.3 Å². The van der Waals surface area contributed by atoms with Crippen LogP contribution in [-0.2, 0) is 16.0 Å². The molecule has 5 nitrogen and oxygen atoms in total. The first-order chi connectivity index (χ1) is 11.6. The number of rotatable bonds is 5. The van der Waals surface area contributed by atoms with Gasteiger partial charge in [0.15, 0.2) is 0 Å². The number of hydrogen-bond acceptors (Lipinski definition) is 3. The van der Waals surface area contributed by atoms with Gasteiger partial charge in [0.05, 0.1) is 13.0 Å². The Morgan fingerprint density at radius 3 is 2.75 bits per heavy atom. The van der Waals surface area contributed by atoms with Crippen molar-refractivity contribution in [2.24, 2.45) is 0 Å². The lowest BCUT2D eigenvalue weighted by molar-refractivity contribution is -0.136. The number of hydrogen-bond donors (Lipinski definition) is 2. The van der Waals surface area contributed by atoms with Crippen molar-refractivity contribution in [3.8, 4) is 0 Å². The van der Waals surface area contributed by atoms with Crippen molar-refractivity contribution in [3.05, 3.63) is 65.2 Å². The molecule has 1 fully saturated rings. The number of carboxylic acid groups (broad SMARTS) is 1. The number of carbonyl (C=O) groups is 2. The monoisotopic (exact) mass is 325 g/mol. The Bertz CT molecular complexity index is 751. The zero-order chi connectivity index (χ0) is 16.9. The van der Waals surface area contributed by atoms with Gasteiger partial charge in [0.1, 0.15) is 0 Å². The molecule has 1 heterocycles. The van der Waals surface area contributed by atoms with Crippen molar-refractivity contribution < 1.29 is 19.4 Å². The highest BCUT2D eigenvalue weighted by Crippen LogP contribution is 2.26. The molecular formula is C19H19NO4. The average molecular weight is 325 g/mol. The van der Waals surface area contributed by atoms with E-state index < -0.39 is 5.97 Å². The number of amides is 1. The van der Waals surface area contributed by atoms with E-state index in [0.717, 1.165) is 18.6 Å². The molecular weight excluding hydrogens is 306 g/mol. The molecule has 3 rings (SSSR count). The molecule has 1 unspecified atom stereocenters. The van der Waals surface area contributed by atoms with E-state index in [1.54, 1.807) is 30.3 Å². The van der Waals surface area contributed by atoms with E-state index >= 15 is 0 Å². The second-order valence-corrected chi connectivity index (χ2v) is 5.91. The lowest BCUT2D eigenvalue weighted by Crippen LogP contribution is -2.13. The largest absolute Gasteiger partial charge is 0.481 e. The van der Waals surface area contributed by atoms with Crippen LogP contribution in [-0.4, -0.2) is 30.2 Å². The summed E-state index contributed by atoms with van der Waals surface area (Å²) in [5.41, 5.74) is 2.94. The summed E-state index contributed by atoms with van der Waals surface area (Å²) in [5.74, 6) is -0.759. The van der Waals surface area contributed by atoms with Crippen LogP contribution in [0.1, 0.15) is 33.8 Å². The maximum Gasteiger partial charge on any atom is 0.307 e. The third-order valence-corrected chi connectivity index (χ3v) is 4.09. The van der Waals surface area contributed by atoms with Gasteiger partial charge in [-0.05, 0) is 41.8 Å². The van der Waals surface area contributed by atoms with Gasteiger partial charge in [-0.15, -0.1) is 0 Å². The summed E-state index contributed by atoms with van der Waals surface area (Å²) in [6.45, 7) is 1.46. The Kier molecular flexibility index (Phi) is 4.91. The maximum atomic E-state index is 12.5. The Labute approximate surface area is 140 Å². The third-order valence-electron chi connectivity index (χ3n) is 4.09. The number of ether oxygens (including phenoxy) is 1. The summed E-state index contributed by atoms with van der Waals surface area (Å²) >= 11 is 0. The molecule has 2 aromatic carbocycles. The van der Waals surface area contributed by atoms with E-state index in [4.69, 9.17) is 9.84 Å². The number of carbonyl (C=O) groups excluding carboxylic acids is 1. The predicted octanol–water partition coefficient (Wildman–Crippen LogP) is 3.07. The third kappa shape index (κ3) is 4.00. The van der Waals surface area contributed by atoms with Crippen LogP contribution in [0.3, 0.4) is 0 Å². The van der Waals surface area contributed by atoms with Gasteiger partial charge in [-0.25, -0.2) is 0 Å². The Balaban J connectivity index is 1.73. The smallest absolute Gasteiger partial charge is 0.307 e. The molecule has 5 heteroatoms. The summed E-state index contributed by atoms with van der Waals surface area (Å²) in [6.07, 6.45) is 0.906. The quantitative estimate of drug-likeness (QED) is 0.886. The van der Waals surface area contributed by atoms with Crippen molar-refractivity contribution >= 4 is 17.6 Å². The topological polar surface area (TPSA) is 75.6 Å². The first-order valence-corrected chi connectivity index (χ1v) is 7.91. The molecule has 0 aromatic heterocycles. The van der Waals surface area contributed by atoms with Crippen molar-refractivity contribution in [2.45, 2.75) is 18.8 Å². The molecule has 1 saturated heterocycles. The summed E-state index contributed by atoms with van der Waals surface area (Å²) in [6, 6.07) is 14.5. The highest BCUT2D eigenvalue weighted by atomic mass is 16.5. The van der Waals surface area contributed by atoms with E-state index in [-0.39, 0.29) is 12.3 Å². The average Bonchev–Trinajstić information content (AvgIpc) is 3.09. The summed E-state index contributed by atoms with van der Waals surface area (Å²) in [5, 5.41) is 11.7. The van der Waals surface area contributed by atoms with Gasteiger partial charge >= 0.3 is 5.97 Å². The predicted molar refractivity (Wildman–Crippen MR) is 90.4 cm³/mol. The standard InChI is InChI=1S/C19H19NO4/c21-18(22)10-13-3-1-6-17(9-13)20-19(23)15-5-2-4-14(11-15)16-7-8-24-12-16/h1-6,9,11,16H,7-8,10,12H2,(H,20,23)(H,21,22). The number of anilines is 1. The molecule has 0 aliphatic carbocycles. The first-order valence-electron chi connectivity index (χ1n) is 7.91. The van der Waals surface area contributed by atoms with Crippen LogP contribution < -0.4 is 5.32 Å². The lowest BCUT2D eigenvalue weighted by Gasteiger charge is -2.11. The van der Waals surface area contributed by atoms with Gasteiger partial charge in [-0.3, -0.25) is 9.59 Å². The van der Waals surface area contributed by atoms with E-state index in [0.29, 0.717) is 29.3 Å². The van der Waals surface area contributed by atoms with Crippen LogP contribution in [0, 0.1) is 0 Å². The molecule has 2 aromatic rings. The Morgan fingerprint density at radius 1 is 1.17 bits per heavy atom. The zero-order valence-electron chi connectivity index (χ0n) is 13.2. The normalized spacial score (nSPS) is 16.8. The number of aliphatic carboxylic acids is 1. The van der Waals surface area contributed by atoms with E-state index in [1.807, 2.05) is 18.2 Å². The molecule has 124 valence electrons. The molecule has 2 N–H and O–H groups in total. The van der Waals surface area contributed by atoms with Gasteiger partial charge in [0.25, 0.3) is 5.91 Å². The van der Waals surface area contributed by atoms with Crippen LogP contribution >= 0.6 is 0 Å². The minimum atomic E-state index is -0.898. The second-order valence-electron chi connectivity index (χ2n) is 5.91. The van der Waals surface area contributed by atoms with Crippen LogP contribution in [0.15, 0.2) is 48.5 Å².